The zero-order valence-electron chi connectivity index (χ0n) is 20.1. The number of aryl methyl sites for hydroxylation is 2. The molecule has 0 radical (unpaired) electrons. The zero-order valence-corrected chi connectivity index (χ0v) is 20.9. The van der Waals surface area contributed by atoms with Gasteiger partial charge in [-0.15, -0.1) is 0 Å². The van der Waals surface area contributed by atoms with E-state index < -0.39 is 16.7 Å². The molecule has 0 spiro atoms. The monoisotopic (exact) mass is 472 g/mol. The maximum absolute atomic E-state index is 13.7. The minimum atomic E-state index is -0.679. The minimum Gasteiger partial charge on any atom is -0.205 e. The van der Waals surface area contributed by atoms with Crippen molar-refractivity contribution in [2.24, 2.45) is 17.8 Å². The Morgan fingerprint density at radius 3 is 1.73 bits per heavy atom. The van der Waals surface area contributed by atoms with Gasteiger partial charge in [0.2, 0.25) is 0 Å². The van der Waals surface area contributed by atoms with E-state index in [9.17, 15) is 8.78 Å². The van der Waals surface area contributed by atoms with Gasteiger partial charge < -0.3 is 0 Å². The van der Waals surface area contributed by atoms with Crippen LogP contribution in [0.4, 0.5) is 8.78 Å². The van der Waals surface area contributed by atoms with E-state index in [1.165, 1.54) is 93.9 Å². The highest BCUT2D eigenvalue weighted by atomic mass is 35.5. The average molecular weight is 473 g/mol. The second-order valence-corrected chi connectivity index (χ2v) is 11.1. The summed E-state index contributed by atoms with van der Waals surface area (Å²) in [5.74, 6) is 2.27. The van der Waals surface area contributed by atoms with Gasteiger partial charge in [-0.25, -0.2) is 8.78 Å². The Labute approximate surface area is 204 Å². The van der Waals surface area contributed by atoms with Crippen LogP contribution in [-0.4, -0.2) is 0 Å². The maximum Gasteiger partial charge on any atom is 0.145 e. The lowest BCUT2D eigenvalue weighted by atomic mass is 9.74. The second kappa shape index (κ2) is 11.8. The standard InChI is InChI=1S/C30H39ClF2/c1-2-21-3-5-22(6-4-21)7-8-23-11-15-26(16-12-23)27-17-13-24(14-18-27)9-10-25-19-28(32)30(31)29(33)20-25/h13-14,17-23,26H,2-12,15-16H2,1H3/t21-,22-,23?,26?. The molecule has 0 bridgehead atoms. The summed E-state index contributed by atoms with van der Waals surface area (Å²) in [6, 6.07) is 11.6. The van der Waals surface area contributed by atoms with E-state index in [1.807, 2.05) is 0 Å². The van der Waals surface area contributed by atoms with Gasteiger partial charge in [0.25, 0.3) is 0 Å². The SMILES string of the molecule is CC[C@H]1CC[C@H](CCC2CCC(c3ccc(CCc4cc(F)c(Cl)c(F)c4)cc3)CC2)CC1. The Hall–Kier alpha value is -1.41. The van der Waals surface area contributed by atoms with Gasteiger partial charge in [0.15, 0.2) is 0 Å². The van der Waals surface area contributed by atoms with E-state index in [0.717, 1.165) is 24.2 Å². The quantitative estimate of drug-likeness (QED) is 0.335. The molecule has 0 unspecified atom stereocenters. The molecule has 3 heteroatoms. The molecule has 0 saturated heterocycles. The van der Waals surface area contributed by atoms with Crippen LogP contribution in [0.3, 0.4) is 0 Å². The molecule has 0 heterocycles. The highest BCUT2D eigenvalue weighted by molar-refractivity contribution is 6.30. The van der Waals surface area contributed by atoms with Crippen molar-refractivity contribution in [3.8, 4) is 0 Å². The van der Waals surface area contributed by atoms with Crippen LogP contribution in [0.2, 0.25) is 5.02 Å². The molecule has 4 rings (SSSR count). The number of benzene rings is 2. The highest BCUT2D eigenvalue weighted by Crippen LogP contribution is 2.40. The molecule has 0 N–H and O–H groups in total. The summed E-state index contributed by atoms with van der Waals surface area (Å²) in [6.07, 6.45) is 16.9. The summed E-state index contributed by atoms with van der Waals surface area (Å²) in [7, 11) is 0. The van der Waals surface area contributed by atoms with Crippen molar-refractivity contribution in [3.05, 3.63) is 69.7 Å². The first-order chi connectivity index (χ1) is 16.0. The van der Waals surface area contributed by atoms with E-state index in [1.54, 1.807) is 0 Å². The van der Waals surface area contributed by atoms with Crippen molar-refractivity contribution in [2.45, 2.75) is 96.3 Å². The summed E-state index contributed by atoms with van der Waals surface area (Å²) in [4.78, 5) is 0. The molecular weight excluding hydrogens is 434 g/mol. The van der Waals surface area contributed by atoms with Crippen molar-refractivity contribution >= 4 is 11.6 Å². The predicted octanol–water partition coefficient (Wildman–Crippen LogP) is 9.67. The van der Waals surface area contributed by atoms with Crippen LogP contribution in [-0.2, 0) is 12.8 Å². The van der Waals surface area contributed by atoms with Gasteiger partial charge in [-0.3, -0.25) is 0 Å². The van der Waals surface area contributed by atoms with Crippen molar-refractivity contribution < 1.29 is 8.78 Å². The van der Waals surface area contributed by atoms with Gasteiger partial charge in [-0.1, -0.05) is 87.7 Å². The number of halogens is 3. The molecule has 2 fully saturated rings. The van der Waals surface area contributed by atoms with Crippen molar-refractivity contribution in [1.29, 1.82) is 0 Å². The van der Waals surface area contributed by atoms with Crippen LogP contribution in [0.25, 0.3) is 0 Å². The molecule has 2 aromatic rings. The van der Waals surface area contributed by atoms with Gasteiger partial charge in [0, 0.05) is 0 Å². The molecule has 0 aromatic heterocycles. The first-order valence-corrected chi connectivity index (χ1v) is 13.6. The summed E-state index contributed by atoms with van der Waals surface area (Å²) >= 11 is 5.58. The molecular formula is C30H39ClF2. The largest absolute Gasteiger partial charge is 0.205 e. The van der Waals surface area contributed by atoms with Crippen LogP contribution in [0.1, 0.15) is 100 Å². The molecule has 0 amide bonds. The van der Waals surface area contributed by atoms with Gasteiger partial charge in [0.1, 0.15) is 16.7 Å². The summed E-state index contributed by atoms with van der Waals surface area (Å²) in [5, 5.41) is -0.420. The van der Waals surface area contributed by atoms with Crippen molar-refractivity contribution in [2.75, 3.05) is 0 Å². The third-order valence-electron chi connectivity index (χ3n) is 8.57. The first kappa shape index (κ1) is 24.7. The third-order valence-corrected chi connectivity index (χ3v) is 8.93. The van der Waals surface area contributed by atoms with Crippen LogP contribution >= 0.6 is 11.6 Å². The lowest BCUT2D eigenvalue weighted by Gasteiger charge is -2.32. The molecule has 2 aliphatic rings. The van der Waals surface area contributed by atoms with Crippen LogP contribution in [0, 0.1) is 29.4 Å². The van der Waals surface area contributed by atoms with E-state index in [4.69, 9.17) is 11.6 Å². The number of rotatable bonds is 8. The average Bonchev–Trinajstić information content (AvgIpc) is 2.85. The zero-order chi connectivity index (χ0) is 23.2. The van der Waals surface area contributed by atoms with Gasteiger partial charge in [-0.05, 0) is 91.0 Å². The minimum absolute atomic E-state index is 0.420. The summed E-state index contributed by atoms with van der Waals surface area (Å²) < 4.78 is 27.3. The fourth-order valence-electron chi connectivity index (χ4n) is 6.18. The van der Waals surface area contributed by atoms with Crippen LogP contribution in [0.5, 0.6) is 0 Å². The van der Waals surface area contributed by atoms with Gasteiger partial charge >= 0.3 is 0 Å². The third kappa shape index (κ3) is 6.81. The van der Waals surface area contributed by atoms with E-state index in [0.29, 0.717) is 17.9 Å². The molecule has 33 heavy (non-hydrogen) atoms. The lowest BCUT2D eigenvalue weighted by molar-refractivity contribution is 0.227. The fourth-order valence-corrected chi connectivity index (χ4v) is 6.29. The Kier molecular flexibility index (Phi) is 8.85. The normalized spacial score (nSPS) is 25.8. The van der Waals surface area contributed by atoms with E-state index in [2.05, 4.69) is 31.2 Å². The lowest BCUT2D eigenvalue weighted by Crippen LogP contribution is -2.17. The first-order valence-electron chi connectivity index (χ1n) is 13.2. The van der Waals surface area contributed by atoms with Crippen LogP contribution < -0.4 is 0 Å². The highest BCUT2D eigenvalue weighted by Gasteiger charge is 2.25. The van der Waals surface area contributed by atoms with Crippen molar-refractivity contribution in [3.63, 3.8) is 0 Å². The van der Waals surface area contributed by atoms with Crippen LogP contribution in [0.15, 0.2) is 36.4 Å². The Bertz CT molecular complexity index is 852. The molecule has 180 valence electrons. The molecule has 0 nitrogen and oxygen atoms in total. The van der Waals surface area contributed by atoms with Gasteiger partial charge in [0.05, 0.1) is 0 Å². The topological polar surface area (TPSA) is 0 Å². The van der Waals surface area contributed by atoms with Gasteiger partial charge in [-0.2, -0.15) is 0 Å². The molecule has 2 aromatic carbocycles. The molecule has 2 aliphatic carbocycles. The molecule has 0 aliphatic heterocycles. The summed E-state index contributed by atoms with van der Waals surface area (Å²) in [6.45, 7) is 2.35. The Morgan fingerprint density at radius 1 is 0.697 bits per heavy atom. The van der Waals surface area contributed by atoms with E-state index >= 15 is 0 Å². The van der Waals surface area contributed by atoms with E-state index in [-0.39, 0.29) is 0 Å². The number of hydrogen-bond donors (Lipinski definition) is 0. The maximum atomic E-state index is 13.7. The molecule has 2 saturated carbocycles. The number of hydrogen-bond acceptors (Lipinski definition) is 0. The second-order valence-electron chi connectivity index (χ2n) is 10.7. The smallest absolute Gasteiger partial charge is 0.145 e. The Morgan fingerprint density at radius 2 is 1.18 bits per heavy atom. The molecule has 0 atom stereocenters. The predicted molar refractivity (Wildman–Crippen MR) is 135 cm³/mol. The fraction of sp³-hybridized carbons (Fsp3) is 0.600. The Balaban J connectivity index is 1.19. The van der Waals surface area contributed by atoms with Crippen molar-refractivity contribution in [1.82, 2.24) is 0 Å². The summed E-state index contributed by atoms with van der Waals surface area (Å²) in [5.41, 5.74) is 3.31.